The average Bonchev–Trinajstić information content (AvgIpc) is 3.16. The van der Waals surface area contributed by atoms with Gasteiger partial charge in [0, 0.05) is 0 Å². The van der Waals surface area contributed by atoms with Gasteiger partial charge in [-0.05, 0) is 51.4 Å². The minimum absolute atomic E-state index is 0.537. The molecular formula is C42H74O10. The average molecular weight is 739 g/mol. The topological polar surface area (TPSA) is 92.3 Å². The Labute approximate surface area is 318 Å². The Morgan fingerprint density at radius 2 is 0.288 bits per heavy atom. The van der Waals surface area contributed by atoms with Gasteiger partial charge in [0.15, 0.2) is 0 Å². The Morgan fingerprint density at radius 1 is 0.173 bits per heavy atom. The molecule has 0 aromatic carbocycles. The van der Waals surface area contributed by atoms with E-state index in [0.717, 1.165) is 78.2 Å². The summed E-state index contributed by atoms with van der Waals surface area (Å²) in [5, 5.41) is 0. The van der Waals surface area contributed by atoms with Crippen LogP contribution >= 0.6 is 0 Å². The third-order valence-corrected chi connectivity index (χ3v) is 5.64. The molecule has 0 aliphatic heterocycles. The van der Waals surface area contributed by atoms with E-state index in [0.29, 0.717) is 26.4 Å². The summed E-state index contributed by atoms with van der Waals surface area (Å²) in [5.41, 5.74) is 0. The Morgan fingerprint density at radius 3 is 0.442 bits per heavy atom. The van der Waals surface area contributed by atoms with Crippen molar-refractivity contribution in [3.63, 3.8) is 0 Å². The summed E-state index contributed by atoms with van der Waals surface area (Å²) in [6.45, 7) is 41.0. The molecule has 0 aromatic heterocycles. The molecule has 0 atom stereocenters. The molecule has 10 nitrogen and oxygen atoms in total. The van der Waals surface area contributed by atoms with Gasteiger partial charge in [-0.1, -0.05) is 91.5 Å². The maximum atomic E-state index is 5.03. The molecule has 0 spiro atoms. The lowest BCUT2D eigenvalue weighted by atomic mass is 10.1. The van der Waals surface area contributed by atoms with Gasteiger partial charge in [0.1, 0.15) is 26.4 Å². The third kappa shape index (κ3) is 85.3. The molecule has 0 unspecified atom stereocenters. The summed E-state index contributed by atoms with van der Waals surface area (Å²) in [6.07, 6.45) is 28.3. The van der Waals surface area contributed by atoms with Gasteiger partial charge in [-0.3, -0.25) is 0 Å². The lowest BCUT2D eigenvalue weighted by Gasteiger charge is -2.02. The van der Waals surface area contributed by atoms with E-state index in [4.69, 9.17) is 47.4 Å². The first kappa shape index (κ1) is 56.8. The Kier molecular flexibility index (Phi) is 74.6. The van der Waals surface area contributed by atoms with E-state index >= 15 is 0 Å². The zero-order valence-corrected chi connectivity index (χ0v) is 32.5. The van der Waals surface area contributed by atoms with Crippen LogP contribution in [0, 0.1) is 0 Å². The molecule has 10 heteroatoms. The van der Waals surface area contributed by atoms with Crippen molar-refractivity contribution in [3.05, 3.63) is 128 Å². The Bertz CT molecular complexity index is 673. The van der Waals surface area contributed by atoms with E-state index in [2.05, 4.69) is 65.8 Å². The zero-order chi connectivity index (χ0) is 39.7. The van der Waals surface area contributed by atoms with Crippen LogP contribution in [0.1, 0.15) is 77.0 Å². The first-order valence-corrected chi connectivity index (χ1v) is 17.8. The number of hydrogen-bond donors (Lipinski definition) is 0. The van der Waals surface area contributed by atoms with Gasteiger partial charge < -0.3 is 47.4 Å². The molecule has 0 aliphatic carbocycles. The van der Waals surface area contributed by atoms with Crippen LogP contribution in [0.5, 0.6) is 0 Å². The lowest BCUT2D eigenvalue weighted by molar-refractivity contribution is 0.151. The molecule has 302 valence electrons. The number of unbranched alkanes of at least 4 members (excludes halogenated alkanes) is 9. The predicted molar refractivity (Wildman–Crippen MR) is 217 cm³/mol. The summed E-state index contributed by atoms with van der Waals surface area (Å²) in [6, 6.07) is 0. The molecule has 0 aliphatic rings. The zero-order valence-electron chi connectivity index (χ0n) is 32.5. The normalized spacial score (nSPS) is 8.54. The summed E-state index contributed by atoms with van der Waals surface area (Å²) in [7, 11) is 0. The van der Waals surface area contributed by atoms with Crippen LogP contribution in [-0.2, 0) is 47.4 Å². The largest absolute Gasteiger partial charge is 0.502 e. The molecule has 0 fully saturated rings. The van der Waals surface area contributed by atoms with Crippen LogP contribution in [-0.4, -0.2) is 66.1 Å². The molecule has 0 amide bonds. The fraction of sp³-hybridized carbons (Fsp3) is 0.524. The van der Waals surface area contributed by atoms with Crippen molar-refractivity contribution in [2.45, 2.75) is 77.0 Å². The summed E-state index contributed by atoms with van der Waals surface area (Å²) in [4.78, 5) is 0. The van der Waals surface area contributed by atoms with Gasteiger partial charge in [0.05, 0.1) is 102 Å². The summed E-state index contributed by atoms with van der Waals surface area (Å²) < 4.78 is 48.7. The summed E-state index contributed by atoms with van der Waals surface area (Å²) >= 11 is 0. The van der Waals surface area contributed by atoms with Crippen LogP contribution in [0.15, 0.2) is 128 Å². The second-order valence-corrected chi connectivity index (χ2v) is 9.62. The molecule has 52 heavy (non-hydrogen) atoms. The molecule has 0 N–H and O–H groups in total. The van der Waals surface area contributed by atoms with E-state index < -0.39 is 0 Å². The maximum Gasteiger partial charge on any atom is 0.121 e. The Hall–Kier alpha value is -4.60. The monoisotopic (exact) mass is 739 g/mol. The van der Waals surface area contributed by atoms with Crippen molar-refractivity contribution >= 4 is 0 Å². The number of hydrogen-bond acceptors (Lipinski definition) is 10. The lowest BCUT2D eigenvalue weighted by Crippen LogP contribution is -1.95. The first-order valence-electron chi connectivity index (χ1n) is 17.8. The van der Waals surface area contributed by atoms with Crippen molar-refractivity contribution in [1.29, 1.82) is 0 Å². The van der Waals surface area contributed by atoms with Crippen LogP contribution in [0.2, 0.25) is 0 Å². The van der Waals surface area contributed by atoms with E-state index in [1.807, 2.05) is 0 Å². The third-order valence-electron chi connectivity index (χ3n) is 5.64. The molecule has 0 radical (unpaired) electrons. The highest BCUT2D eigenvalue weighted by atomic mass is 16.5. The molecule has 0 bridgehead atoms. The fourth-order valence-electron chi connectivity index (χ4n) is 3.20. The van der Waals surface area contributed by atoms with Crippen LogP contribution < -0.4 is 0 Å². The smallest absolute Gasteiger partial charge is 0.121 e. The Balaban J connectivity index is -0.000000180. The standard InChI is InChI=1S/C12H22O2.C10H18O2.C8H14O2.2C6H10O2/c1-3-13-11-9-7-5-6-8-10-12-14-4-2;1-3-11-9-7-5-6-8-10-12-4-2;1-3-9-7-5-6-8-10-4-2;2*1-3-7-5-6-8-4-2/h3-4H,1-2,5-12H2;3-4H,1-2,5-10H2;3-4H,1-2,5-8H2;2*3-4H,1-2,5-6H2. The van der Waals surface area contributed by atoms with Crippen LogP contribution in [0.25, 0.3) is 0 Å². The van der Waals surface area contributed by atoms with E-state index in [9.17, 15) is 0 Å². The number of rotatable bonds is 37. The number of ether oxygens (including phenoxy) is 10. The highest BCUT2D eigenvalue weighted by Gasteiger charge is 1.91. The molecule has 0 saturated heterocycles. The maximum absolute atomic E-state index is 5.03. The molecular weight excluding hydrogens is 664 g/mol. The second-order valence-electron chi connectivity index (χ2n) is 9.62. The fourth-order valence-corrected chi connectivity index (χ4v) is 3.20. The quantitative estimate of drug-likeness (QED) is 0.0453. The van der Waals surface area contributed by atoms with Crippen molar-refractivity contribution in [2.24, 2.45) is 0 Å². The summed E-state index contributed by atoms with van der Waals surface area (Å²) in [5.74, 6) is 0. The van der Waals surface area contributed by atoms with E-state index in [-0.39, 0.29) is 0 Å². The minimum atomic E-state index is 0.537. The van der Waals surface area contributed by atoms with Crippen molar-refractivity contribution in [2.75, 3.05) is 66.1 Å². The van der Waals surface area contributed by atoms with Gasteiger partial charge in [0.25, 0.3) is 0 Å². The van der Waals surface area contributed by atoms with Crippen molar-refractivity contribution in [3.8, 4) is 0 Å². The van der Waals surface area contributed by atoms with Gasteiger partial charge >= 0.3 is 0 Å². The van der Waals surface area contributed by atoms with Crippen molar-refractivity contribution < 1.29 is 47.4 Å². The van der Waals surface area contributed by atoms with Gasteiger partial charge in [-0.2, -0.15) is 0 Å². The molecule has 0 heterocycles. The second kappa shape index (κ2) is 68.4. The predicted octanol–water partition coefficient (Wildman–Crippen LogP) is 11.2. The first-order chi connectivity index (χ1) is 25.6. The highest BCUT2D eigenvalue weighted by Crippen LogP contribution is 2.05. The highest BCUT2D eigenvalue weighted by molar-refractivity contribution is 4.55. The SMILES string of the molecule is C=COCCCCCCCCOC=C.C=COCCCCCCOC=C.C=COCCCCOC=C.C=COCCOC=C.C=COCCOC=C. The van der Waals surface area contributed by atoms with Gasteiger partial charge in [0.2, 0.25) is 0 Å². The molecule has 0 rings (SSSR count). The molecule has 0 aromatic rings. The minimum Gasteiger partial charge on any atom is -0.502 e. The van der Waals surface area contributed by atoms with Crippen LogP contribution in [0.3, 0.4) is 0 Å². The van der Waals surface area contributed by atoms with E-state index in [1.54, 1.807) is 0 Å². The van der Waals surface area contributed by atoms with E-state index in [1.165, 1.54) is 101 Å². The van der Waals surface area contributed by atoms with Gasteiger partial charge in [-0.15, -0.1) is 0 Å². The van der Waals surface area contributed by atoms with Gasteiger partial charge in [-0.25, -0.2) is 0 Å². The van der Waals surface area contributed by atoms with Crippen LogP contribution in [0.4, 0.5) is 0 Å². The van der Waals surface area contributed by atoms with Crippen molar-refractivity contribution in [1.82, 2.24) is 0 Å². The molecule has 0 saturated carbocycles.